The van der Waals surface area contributed by atoms with Gasteiger partial charge in [0.1, 0.15) is 5.75 Å². The molecule has 0 aliphatic rings. The number of unbranched alkanes of at least 4 members (excludes halogenated alkanes) is 3. The van der Waals surface area contributed by atoms with E-state index in [9.17, 15) is 0 Å². The fourth-order valence-electron chi connectivity index (χ4n) is 2.90. The predicted octanol–water partition coefficient (Wildman–Crippen LogP) is 4.93. The molecule has 2 aromatic rings. The van der Waals surface area contributed by atoms with Gasteiger partial charge >= 0.3 is 0 Å². The second-order valence-electron chi connectivity index (χ2n) is 6.20. The highest BCUT2D eigenvalue weighted by molar-refractivity contribution is 5.87. The van der Waals surface area contributed by atoms with Crippen molar-refractivity contribution in [1.29, 1.82) is 0 Å². The van der Waals surface area contributed by atoms with Crippen LogP contribution in [0.3, 0.4) is 0 Å². The predicted molar refractivity (Wildman–Crippen MR) is 102 cm³/mol. The summed E-state index contributed by atoms with van der Waals surface area (Å²) in [5, 5.41) is 6.07. The lowest BCUT2D eigenvalue weighted by molar-refractivity contribution is 0.194. The van der Waals surface area contributed by atoms with Crippen LogP contribution in [0.15, 0.2) is 36.4 Å². The van der Waals surface area contributed by atoms with Gasteiger partial charge in [-0.2, -0.15) is 0 Å². The van der Waals surface area contributed by atoms with Gasteiger partial charge in [0, 0.05) is 25.8 Å². The molecule has 0 aliphatic carbocycles. The van der Waals surface area contributed by atoms with Gasteiger partial charge in [-0.1, -0.05) is 56.5 Å². The van der Waals surface area contributed by atoms with Crippen LogP contribution in [0.25, 0.3) is 10.8 Å². The Kier molecular flexibility index (Phi) is 8.64. The maximum absolute atomic E-state index is 6.11. The maximum Gasteiger partial charge on any atom is 0.124 e. The molecule has 132 valence electrons. The molecule has 2 rings (SSSR count). The third kappa shape index (κ3) is 5.81. The molecule has 0 aromatic heterocycles. The van der Waals surface area contributed by atoms with Crippen LogP contribution < -0.4 is 10.1 Å². The summed E-state index contributed by atoms with van der Waals surface area (Å²) in [6.45, 7) is 5.61. The lowest BCUT2D eigenvalue weighted by atomic mass is 10.0. The summed E-state index contributed by atoms with van der Waals surface area (Å²) in [6.07, 6.45) is 5.94. The summed E-state index contributed by atoms with van der Waals surface area (Å²) >= 11 is 0. The highest BCUT2D eigenvalue weighted by atomic mass is 16.5. The third-order valence-electron chi connectivity index (χ3n) is 4.26. The van der Waals surface area contributed by atoms with Crippen molar-refractivity contribution >= 4 is 10.8 Å². The zero-order chi connectivity index (χ0) is 17.0. The Hall–Kier alpha value is -1.58. The standard InChI is InChI=1S/C21H31NO2/c1-3-4-5-8-16-24-21-13-12-18-10-6-7-11-19(18)20(21)17-22-14-9-15-23-2/h6-7,10-13,22H,3-5,8-9,14-17H2,1-2H3. The van der Waals surface area contributed by atoms with E-state index < -0.39 is 0 Å². The van der Waals surface area contributed by atoms with Crippen LogP contribution in [-0.4, -0.2) is 26.9 Å². The van der Waals surface area contributed by atoms with Gasteiger partial charge in [0.15, 0.2) is 0 Å². The zero-order valence-corrected chi connectivity index (χ0v) is 15.1. The number of nitrogens with one attached hydrogen (secondary N) is 1. The molecule has 2 aromatic carbocycles. The van der Waals surface area contributed by atoms with Gasteiger partial charge in [0.05, 0.1) is 6.61 Å². The van der Waals surface area contributed by atoms with Gasteiger partial charge in [0.2, 0.25) is 0 Å². The Morgan fingerprint density at radius 3 is 2.62 bits per heavy atom. The molecule has 0 spiro atoms. The second kappa shape index (κ2) is 11.1. The first kappa shape index (κ1) is 18.8. The third-order valence-corrected chi connectivity index (χ3v) is 4.26. The number of fused-ring (bicyclic) bond motifs is 1. The highest BCUT2D eigenvalue weighted by Crippen LogP contribution is 2.28. The quantitative estimate of drug-likeness (QED) is 0.560. The zero-order valence-electron chi connectivity index (χ0n) is 15.1. The minimum absolute atomic E-state index is 0.795. The monoisotopic (exact) mass is 329 g/mol. The van der Waals surface area contributed by atoms with Crippen LogP contribution >= 0.6 is 0 Å². The lowest BCUT2D eigenvalue weighted by Gasteiger charge is -2.15. The van der Waals surface area contributed by atoms with Gasteiger partial charge in [0.25, 0.3) is 0 Å². The molecule has 0 saturated heterocycles. The molecule has 0 heterocycles. The highest BCUT2D eigenvalue weighted by Gasteiger charge is 2.08. The van der Waals surface area contributed by atoms with E-state index in [-0.39, 0.29) is 0 Å². The van der Waals surface area contributed by atoms with Gasteiger partial charge in [-0.15, -0.1) is 0 Å². The molecule has 0 unspecified atom stereocenters. The number of ether oxygens (including phenoxy) is 2. The molecule has 0 radical (unpaired) electrons. The minimum atomic E-state index is 0.795. The average Bonchev–Trinajstić information content (AvgIpc) is 2.62. The van der Waals surface area contributed by atoms with Crippen LogP contribution in [0.4, 0.5) is 0 Å². The van der Waals surface area contributed by atoms with Crippen molar-refractivity contribution in [2.75, 3.05) is 26.9 Å². The van der Waals surface area contributed by atoms with Gasteiger partial charge in [-0.25, -0.2) is 0 Å². The normalized spacial score (nSPS) is 11.1. The summed E-state index contributed by atoms with van der Waals surface area (Å²) in [6, 6.07) is 12.8. The Balaban J connectivity index is 2.03. The first-order chi connectivity index (χ1) is 11.9. The topological polar surface area (TPSA) is 30.5 Å². The first-order valence-electron chi connectivity index (χ1n) is 9.20. The van der Waals surface area contributed by atoms with Crippen molar-refractivity contribution in [2.24, 2.45) is 0 Å². The molecule has 1 N–H and O–H groups in total. The number of rotatable bonds is 12. The summed E-state index contributed by atoms with van der Waals surface area (Å²) in [7, 11) is 1.75. The minimum Gasteiger partial charge on any atom is -0.493 e. The summed E-state index contributed by atoms with van der Waals surface area (Å²) < 4.78 is 11.2. The molecule has 0 aliphatic heterocycles. The van der Waals surface area contributed by atoms with E-state index >= 15 is 0 Å². The van der Waals surface area contributed by atoms with Gasteiger partial charge < -0.3 is 14.8 Å². The number of hydrogen-bond donors (Lipinski definition) is 1. The van der Waals surface area contributed by atoms with Gasteiger partial charge in [-0.3, -0.25) is 0 Å². The lowest BCUT2D eigenvalue weighted by Crippen LogP contribution is -2.17. The molecular formula is C21H31NO2. The van der Waals surface area contributed by atoms with E-state index in [4.69, 9.17) is 9.47 Å². The average molecular weight is 329 g/mol. The fourth-order valence-corrected chi connectivity index (χ4v) is 2.90. The van der Waals surface area contributed by atoms with Gasteiger partial charge in [-0.05, 0) is 36.2 Å². The second-order valence-corrected chi connectivity index (χ2v) is 6.20. The van der Waals surface area contributed by atoms with Crippen molar-refractivity contribution in [3.63, 3.8) is 0 Å². The largest absolute Gasteiger partial charge is 0.493 e. The molecule has 0 atom stereocenters. The van der Waals surface area contributed by atoms with Crippen molar-refractivity contribution in [3.05, 3.63) is 42.0 Å². The fraction of sp³-hybridized carbons (Fsp3) is 0.524. The van der Waals surface area contributed by atoms with E-state index in [1.54, 1.807) is 7.11 Å². The number of hydrogen-bond acceptors (Lipinski definition) is 3. The molecule has 0 fully saturated rings. The van der Waals surface area contributed by atoms with Crippen molar-refractivity contribution < 1.29 is 9.47 Å². The Bertz CT molecular complexity index is 597. The van der Waals surface area contributed by atoms with Crippen molar-refractivity contribution in [1.82, 2.24) is 5.32 Å². The number of benzene rings is 2. The first-order valence-corrected chi connectivity index (χ1v) is 9.20. The van der Waals surface area contributed by atoms with Crippen molar-refractivity contribution in [2.45, 2.75) is 45.6 Å². The number of methoxy groups -OCH3 is 1. The molecular weight excluding hydrogens is 298 g/mol. The Morgan fingerprint density at radius 2 is 1.79 bits per heavy atom. The summed E-state index contributed by atoms with van der Waals surface area (Å²) in [5.74, 6) is 1.02. The summed E-state index contributed by atoms with van der Waals surface area (Å²) in [4.78, 5) is 0. The van der Waals surface area contributed by atoms with E-state index in [1.165, 1.54) is 35.6 Å². The molecule has 0 saturated carbocycles. The smallest absolute Gasteiger partial charge is 0.124 e. The molecule has 0 amide bonds. The molecule has 0 bridgehead atoms. The SMILES string of the molecule is CCCCCCOc1ccc2ccccc2c1CNCCCOC. The Labute approximate surface area is 146 Å². The summed E-state index contributed by atoms with van der Waals surface area (Å²) in [5.41, 5.74) is 1.26. The van der Waals surface area contributed by atoms with Crippen LogP contribution in [0.1, 0.15) is 44.6 Å². The van der Waals surface area contributed by atoms with Crippen LogP contribution in [-0.2, 0) is 11.3 Å². The van der Waals surface area contributed by atoms with E-state index in [2.05, 4.69) is 48.6 Å². The van der Waals surface area contributed by atoms with E-state index in [0.29, 0.717) is 0 Å². The van der Waals surface area contributed by atoms with Crippen molar-refractivity contribution in [3.8, 4) is 5.75 Å². The van der Waals surface area contributed by atoms with Crippen LogP contribution in [0, 0.1) is 0 Å². The van der Waals surface area contributed by atoms with E-state index in [0.717, 1.165) is 44.9 Å². The van der Waals surface area contributed by atoms with Crippen LogP contribution in [0.2, 0.25) is 0 Å². The molecule has 3 heteroatoms. The maximum atomic E-state index is 6.11. The molecule has 24 heavy (non-hydrogen) atoms. The Morgan fingerprint density at radius 1 is 0.917 bits per heavy atom. The molecule has 3 nitrogen and oxygen atoms in total. The van der Waals surface area contributed by atoms with Crippen LogP contribution in [0.5, 0.6) is 5.75 Å². The van der Waals surface area contributed by atoms with E-state index in [1.807, 2.05) is 0 Å².